The van der Waals surface area contributed by atoms with Gasteiger partial charge in [0.25, 0.3) is 0 Å². The highest BCUT2D eigenvalue weighted by molar-refractivity contribution is 8.15. The largest absolute Gasteiger partial charge is 0.371 e. The minimum Gasteiger partial charge on any atom is -0.371 e. The fourth-order valence-corrected chi connectivity index (χ4v) is 6.74. The van der Waals surface area contributed by atoms with E-state index >= 15 is 0 Å². The van der Waals surface area contributed by atoms with Crippen LogP contribution in [-0.4, -0.2) is 30.4 Å². The summed E-state index contributed by atoms with van der Waals surface area (Å²) < 4.78 is 0. The lowest BCUT2D eigenvalue weighted by Crippen LogP contribution is -2.45. The predicted molar refractivity (Wildman–Crippen MR) is 154 cm³/mol. The number of aliphatic imine (C=N–C) groups is 1. The summed E-state index contributed by atoms with van der Waals surface area (Å²) in [4.78, 5) is 7.39. The summed E-state index contributed by atoms with van der Waals surface area (Å²) in [6, 6.07) is 2.51. The minimum absolute atomic E-state index is 0.188. The lowest BCUT2D eigenvalue weighted by Gasteiger charge is -2.49. The summed E-state index contributed by atoms with van der Waals surface area (Å²) in [7, 11) is 1.92. The fourth-order valence-electron chi connectivity index (χ4n) is 5.77. The van der Waals surface area contributed by atoms with Gasteiger partial charge in [-0.15, -0.1) is 0 Å². The smallest absolute Gasteiger partial charge is 0.0981 e. The Bertz CT molecular complexity index is 1090. The highest BCUT2D eigenvalue weighted by Crippen LogP contribution is 2.52. The summed E-state index contributed by atoms with van der Waals surface area (Å²) >= 11 is 1.84. The number of allylic oxidation sites excluding steroid dienone is 4. The van der Waals surface area contributed by atoms with Gasteiger partial charge >= 0.3 is 0 Å². The Morgan fingerprint density at radius 3 is 2.56 bits per heavy atom. The number of thioether (sulfide) groups is 1. The molecule has 0 fully saturated rings. The van der Waals surface area contributed by atoms with E-state index in [1.165, 1.54) is 59.5 Å². The molecular formula is C31H42N2S. The molecule has 0 spiro atoms. The van der Waals surface area contributed by atoms with Gasteiger partial charge in [-0.05, 0) is 90.3 Å². The zero-order chi connectivity index (χ0) is 24.7. The zero-order valence-electron chi connectivity index (χ0n) is 22.3. The molecule has 0 radical (unpaired) electrons. The Morgan fingerprint density at radius 1 is 1.18 bits per heavy atom. The van der Waals surface area contributed by atoms with Crippen LogP contribution in [0.2, 0.25) is 0 Å². The molecule has 0 amide bonds. The molecule has 34 heavy (non-hydrogen) atoms. The van der Waals surface area contributed by atoms with E-state index in [0.717, 1.165) is 17.9 Å². The first-order chi connectivity index (χ1) is 16.1. The second-order valence-corrected chi connectivity index (χ2v) is 12.8. The van der Waals surface area contributed by atoms with Crippen molar-refractivity contribution in [3.63, 3.8) is 0 Å². The molecule has 2 aliphatic heterocycles. The maximum Gasteiger partial charge on any atom is 0.0981 e. The van der Waals surface area contributed by atoms with Crippen LogP contribution >= 0.6 is 11.8 Å². The first-order valence-electron chi connectivity index (χ1n) is 12.9. The Hall–Kier alpha value is -2.00. The van der Waals surface area contributed by atoms with Gasteiger partial charge in [0, 0.05) is 36.6 Å². The Labute approximate surface area is 212 Å². The number of fused-ring (bicyclic) bond motifs is 2. The van der Waals surface area contributed by atoms with E-state index in [0.29, 0.717) is 5.25 Å². The average Bonchev–Trinajstić information content (AvgIpc) is 2.78. The number of nitrogens with zero attached hydrogens (tertiary/aromatic N) is 2. The van der Waals surface area contributed by atoms with E-state index in [4.69, 9.17) is 4.99 Å². The Kier molecular flexibility index (Phi) is 7.06. The van der Waals surface area contributed by atoms with Crippen LogP contribution in [0.15, 0.2) is 53.1 Å². The van der Waals surface area contributed by atoms with Crippen LogP contribution in [0.25, 0.3) is 6.08 Å². The lowest BCUT2D eigenvalue weighted by atomic mass is 9.66. The van der Waals surface area contributed by atoms with Gasteiger partial charge in [-0.25, -0.2) is 0 Å². The summed E-state index contributed by atoms with van der Waals surface area (Å²) in [6.45, 7) is 21.0. The van der Waals surface area contributed by atoms with Crippen LogP contribution in [-0.2, 0) is 17.3 Å². The van der Waals surface area contributed by atoms with Crippen molar-refractivity contribution in [1.29, 1.82) is 0 Å². The first-order valence-corrected chi connectivity index (χ1v) is 13.7. The van der Waals surface area contributed by atoms with Gasteiger partial charge in [0.05, 0.1) is 5.04 Å². The molecule has 2 nitrogen and oxygen atoms in total. The highest BCUT2D eigenvalue weighted by Gasteiger charge is 2.42. The molecule has 3 aliphatic rings. The van der Waals surface area contributed by atoms with Crippen molar-refractivity contribution in [3.05, 3.63) is 70.3 Å². The third-order valence-electron chi connectivity index (χ3n) is 7.89. The first kappa shape index (κ1) is 25.1. The summed E-state index contributed by atoms with van der Waals surface area (Å²) in [5, 5.41) is 1.47. The van der Waals surface area contributed by atoms with Crippen molar-refractivity contribution in [2.45, 2.75) is 83.3 Å². The van der Waals surface area contributed by atoms with Gasteiger partial charge < -0.3 is 4.90 Å². The summed E-state index contributed by atoms with van der Waals surface area (Å²) in [6.07, 6.45) is 15.6. The normalized spacial score (nSPS) is 22.1. The quantitative estimate of drug-likeness (QED) is 0.244. The van der Waals surface area contributed by atoms with Crippen molar-refractivity contribution >= 4 is 28.6 Å². The summed E-state index contributed by atoms with van der Waals surface area (Å²) in [5.41, 5.74) is 10.4. The monoisotopic (exact) mass is 474 g/mol. The van der Waals surface area contributed by atoms with E-state index in [9.17, 15) is 0 Å². The molecule has 0 aromatic heterocycles. The molecule has 1 atom stereocenters. The van der Waals surface area contributed by atoms with E-state index in [2.05, 4.69) is 89.5 Å². The minimum atomic E-state index is 0.188. The number of rotatable bonds is 5. The molecule has 0 saturated carbocycles. The van der Waals surface area contributed by atoms with Crippen molar-refractivity contribution in [3.8, 4) is 0 Å². The zero-order valence-corrected chi connectivity index (χ0v) is 23.1. The number of anilines is 1. The topological polar surface area (TPSA) is 15.6 Å². The van der Waals surface area contributed by atoms with E-state index in [1.807, 2.05) is 18.8 Å². The van der Waals surface area contributed by atoms with Gasteiger partial charge in [0.15, 0.2) is 0 Å². The molecule has 182 valence electrons. The highest BCUT2D eigenvalue weighted by atomic mass is 32.2. The maximum atomic E-state index is 4.72. The molecule has 3 heteroatoms. The average molecular weight is 475 g/mol. The van der Waals surface area contributed by atoms with Crippen LogP contribution in [0.1, 0.15) is 83.1 Å². The van der Waals surface area contributed by atoms with Gasteiger partial charge in [-0.2, -0.15) is 0 Å². The lowest BCUT2D eigenvalue weighted by molar-refractivity contribution is 0.399. The van der Waals surface area contributed by atoms with Crippen molar-refractivity contribution in [2.24, 2.45) is 4.99 Å². The van der Waals surface area contributed by atoms with Crippen molar-refractivity contribution in [2.75, 3.05) is 25.0 Å². The molecule has 0 saturated heterocycles. The van der Waals surface area contributed by atoms with Crippen molar-refractivity contribution < 1.29 is 0 Å². The summed E-state index contributed by atoms with van der Waals surface area (Å²) in [5.74, 6) is 0. The number of hydrogen-bond donors (Lipinski definition) is 0. The predicted octanol–water partition coefficient (Wildman–Crippen LogP) is 8.02. The van der Waals surface area contributed by atoms with E-state index in [1.54, 1.807) is 5.56 Å². The van der Waals surface area contributed by atoms with Gasteiger partial charge in [0.1, 0.15) is 0 Å². The maximum absolute atomic E-state index is 4.72. The molecule has 2 heterocycles. The van der Waals surface area contributed by atoms with Crippen LogP contribution in [0.4, 0.5) is 5.69 Å². The second kappa shape index (κ2) is 9.57. The SMILES string of the molecule is C=C1Cc2c(cc3c4c2C(C)(C)CCN4CCC3(C)C)C=C1C(=NC)SC(C)/C=C\C/C=C\C. The van der Waals surface area contributed by atoms with Crippen molar-refractivity contribution in [1.82, 2.24) is 0 Å². The Morgan fingerprint density at radius 2 is 1.88 bits per heavy atom. The van der Waals surface area contributed by atoms with Crippen LogP contribution < -0.4 is 4.90 Å². The van der Waals surface area contributed by atoms with Gasteiger partial charge in [-0.3, -0.25) is 4.99 Å². The van der Waals surface area contributed by atoms with Gasteiger partial charge in [-0.1, -0.05) is 70.3 Å². The molecule has 4 rings (SSSR count). The van der Waals surface area contributed by atoms with Crippen LogP contribution in [0.3, 0.4) is 0 Å². The number of hydrogen-bond acceptors (Lipinski definition) is 3. The Balaban J connectivity index is 1.77. The third-order valence-corrected chi connectivity index (χ3v) is 9.05. The molecule has 1 aliphatic carbocycles. The van der Waals surface area contributed by atoms with Gasteiger partial charge in [0.2, 0.25) is 0 Å². The molecule has 1 aromatic rings. The van der Waals surface area contributed by atoms with Crippen LogP contribution in [0.5, 0.6) is 0 Å². The van der Waals surface area contributed by atoms with Crippen LogP contribution in [0, 0.1) is 0 Å². The van der Waals surface area contributed by atoms with E-state index < -0.39 is 0 Å². The third kappa shape index (κ3) is 4.61. The number of benzene rings is 1. The standard InChI is InChI=1S/C31H42N2S/c1-9-10-11-12-13-22(3)34-29(32-8)24-19-23-20-26-28-27(25(23)18-21(24)2)31(6,7)15-17-33(28)16-14-30(26,4)5/h9-10,12-13,19-20,22H,2,11,14-18H2,1,3-8H3/b10-9-,13-12-,32-29?. The second-order valence-electron chi connectivity index (χ2n) is 11.4. The molecule has 1 aromatic carbocycles. The fraction of sp³-hybridized carbons (Fsp3) is 0.516. The molecule has 0 N–H and O–H groups in total. The van der Waals surface area contributed by atoms with E-state index in [-0.39, 0.29) is 10.8 Å². The molecular weight excluding hydrogens is 432 g/mol. The molecule has 0 bridgehead atoms. The molecule has 1 unspecified atom stereocenters.